The van der Waals surface area contributed by atoms with Crippen LogP contribution in [0.2, 0.25) is 0 Å². The number of hydrogen-bond acceptors (Lipinski definition) is 4. The molecule has 1 unspecified atom stereocenters. The average molecular weight is 332 g/mol. The Labute approximate surface area is 133 Å². The third kappa shape index (κ3) is 4.69. The van der Waals surface area contributed by atoms with Crippen LogP contribution in [0.3, 0.4) is 0 Å². The highest BCUT2D eigenvalue weighted by molar-refractivity contribution is 7.91. The van der Waals surface area contributed by atoms with Gasteiger partial charge in [0.1, 0.15) is 5.41 Å². The Morgan fingerprint density at radius 3 is 2.41 bits per heavy atom. The zero-order valence-electron chi connectivity index (χ0n) is 14.0. The maximum Gasteiger partial charge on any atom is 0.237 e. The lowest BCUT2D eigenvalue weighted by molar-refractivity contribution is -0.148. The maximum absolute atomic E-state index is 12.6. The predicted octanol–water partition coefficient (Wildman–Crippen LogP) is 0.965. The van der Waals surface area contributed by atoms with Gasteiger partial charge in [0.15, 0.2) is 9.84 Å². The number of rotatable bonds is 7. The summed E-state index contributed by atoms with van der Waals surface area (Å²) in [4.78, 5) is 26.2. The van der Waals surface area contributed by atoms with Gasteiger partial charge in [0.25, 0.3) is 0 Å². The molecule has 6 nitrogen and oxygen atoms in total. The standard InChI is InChI=1S/C15H28N2O4S/c1-5-6-7-9-16-13(18)15(2,3)14(19)17(4)12-8-10-22(20,21)11-12/h12H,5-11H2,1-4H3,(H,16,18). The molecule has 0 aliphatic carbocycles. The van der Waals surface area contributed by atoms with Crippen LogP contribution in [-0.4, -0.2) is 56.3 Å². The summed E-state index contributed by atoms with van der Waals surface area (Å²) >= 11 is 0. The van der Waals surface area contributed by atoms with Gasteiger partial charge in [0.05, 0.1) is 11.5 Å². The van der Waals surface area contributed by atoms with E-state index in [1.165, 1.54) is 4.90 Å². The van der Waals surface area contributed by atoms with Crippen LogP contribution in [0, 0.1) is 5.41 Å². The fourth-order valence-corrected chi connectivity index (χ4v) is 4.36. The molecular weight excluding hydrogens is 304 g/mol. The van der Waals surface area contributed by atoms with E-state index in [9.17, 15) is 18.0 Å². The minimum Gasteiger partial charge on any atom is -0.355 e. The van der Waals surface area contributed by atoms with E-state index in [2.05, 4.69) is 12.2 Å². The molecule has 1 N–H and O–H groups in total. The lowest BCUT2D eigenvalue weighted by atomic mass is 9.89. The van der Waals surface area contributed by atoms with Crippen molar-refractivity contribution in [2.45, 2.75) is 52.5 Å². The van der Waals surface area contributed by atoms with Gasteiger partial charge in [-0.1, -0.05) is 19.8 Å². The summed E-state index contributed by atoms with van der Waals surface area (Å²) in [5.41, 5.74) is -1.19. The quantitative estimate of drug-likeness (QED) is 0.556. The van der Waals surface area contributed by atoms with Crippen LogP contribution in [0.15, 0.2) is 0 Å². The van der Waals surface area contributed by atoms with E-state index in [0.29, 0.717) is 13.0 Å². The van der Waals surface area contributed by atoms with E-state index in [-0.39, 0.29) is 29.4 Å². The summed E-state index contributed by atoms with van der Waals surface area (Å²) < 4.78 is 23.1. The molecule has 0 aromatic carbocycles. The van der Waals surface area contributed by atoms with E-state index in [4.69, 9.17) is 0 Å². The smallest absolute Gasteiger partial charge is 0.237 e. The molecule has 1 atom stereocenters. The number of hydrogen-bond donors (Lipinski definition) is 1. The second-order valence-corrected chi connectivity index (χ2v) is 8.79. The van der Waals surface area contributed by atoms with Crippen molar-refractivity contribution >= 4 is 21.7 Å². The van der Waals surface area contributed by atoms with Crippen molar-refractivity contribution < 1.29 is 18.0 Å². The van der Waals surface area contributed by atoms with Crippen LogP contribution >= 0.6 is 0 Å². The van der Waals surface area contributed by atoms with Crippen LogP contribution in [0.1, 0.15) is 46.5 Å². The summed E-state index contributed by atoms with van der Waals surface area (Å²) in [6, 6.07) is -0.329. The Hall–Kier alpha value is -1.11. The monoisotopic (exact) mass is 332 g/mol. The Morgan fingerprint density at radius 2 is 1.91 bits per heavy atom. The van der Waals surface area contributed by atoms with E-state index in [0.717, 1.165) is 19.3 Å². The largest absolute Gasteiger partial charge is 0.355 e. The van der Waals surface area contributed by atoms with E-state index in [1.807, 2.05) is 0 Å². The molecule has 1 aliphatic rings. The first kappa shape index (κ1) is 18.9. The molecule has 0 aromatic rings. The molecule has 1 fully saturated rings. The molecule has 22 heavy (non-hydrogen) atoms. The number of amides is 2. The van der Waals surface area contributed by atoms with Crippen molar-refractivity contribution in [3.05, 3.63) is 0 Å². The van der Waals surface area contributed by atoms with Crippen LogP contribution in [0.5, 0.6) is 0 Å². The molecule has 0 spiro atoms. The van der Waals surface area contributed by atoms with Crippen molar-refractivity contribution in [1.29, 1.82) is 0 Å². The highest BCUT2D eigenvalue weighted by Crippen LogP contribution is 2.24. The molecule has 0 radical (unpaired) electrons. The third-order valence-electron chi connectivity index (χ3n) is 4.24. The molecule has 0 bridgehead atoms. The topological polar surface area (TPSA) is 83.6 Å². The van der Waals surface area contributed by atoms with Gasteiger partial charge in [-0.15, -0.1) is 0 Å². The van der Waals surface area contributed by atoms with E-state index < -0.39 is 15.3 Å². The van der Waals surface area contributed by atoms with Crippen molar-refractivity contribution in [3.63, 3.8) is 0 Å². The number of nitrogens with one attached hydrogen (secondary N) is 1. The number of unbranched alkanes of at least 4 members (excludes halogenated alkanes) is 2. The molecule has 1 saturated heterocycles. The highest BCUT2D eigenvalue weighted by atomic mass is 32.2. The molecular formula is C15H28N2O4S. The Morgan fingerprint density at radius 1 is 1.27 bits per heavy atom. The molecule has 1 heterocycles. The minimum atomic E-state index is -3.05. The van der Waals surface area contributed by atoms with E-state index >= 15 is 0 Å². The van der Waals surface area contributed by atoms with E-state index in [1.54, 1.807) is 20.9 Å². The summed E-state index contributed by atoms with van der Waals surface area (Å²) in [5.74, 6) is -0.536. The zero-order valence-corrected chi connectivity index (χ0v) is 14.8. The van der Waals surface area contributed by atoms with Crippen LogP contribution < -0.4 is 5.32 Å². The fourth-order valence-electron chi connectivity index (χ4n) is 2.58. The number of nitrogens with zero attached hydrogens (tertiary/aromatic N) is 1. The Kier molecular flexibility index (Phi) is 6.40. The van der Waals surface area contributed by atoms with Crippen molar-refractivity contribution in [2.24, 2.45) is 5.41 Å². The molecule has 0 aromatic heterocycles. The molecule has 1 rings (SSSR count). The number of carbonyl (C=O) groups is 2. The van der Waals surface area contributed by atoms with Crippen LogP contribution in [0.25, 0.3) is 0 Å². The van der Waals surface area contributed by atoms with Crippen LogP contribution in [-0.2, 0) is 19.4 Å². The number of carbonyl (C=O) groups excluding carboxylic acids is 2. The first-order valence-electron chi connectivity index (χ1n) is 7.88. The minimum absolute atomic E-state index is 0.0105. The molecule has 128 valence electrons. The lowest BCUT2D eigenvalue weighted by Gasteiger charge is -2.31. The van der Waals surface area contributed by atoms with Crippen molar-refractivity contribution in [2.75, 3.05) is 25.1 Å². The van der Waals surface area contributed by atoms with Crippen LogP contribution in [0.4, 0.5) is 0 Å². The fraction of sp³-hybridized carbons (Fsp3) is 0.867. The molecule has 2 amide bonds. The first-order valence-corrected chi connectivity index (χ1v) is 9.70. The summed E-state index contributed by atoms with van der Waals surface area (Å²) in [6.45, 7) is 5.82. The number of sulfone groups is 1. The second kappa shape index (κ2) is 7.44. The highest BCUT2D eigenvalue weighted by Gasteiger charge is 2.42. The summed E-state index contributed by atoms with van der Waals surface area (Å²) in [5, 5.41) is 2.80. The van der Waals surface area contributed by atoms with Gasteiger partial charge < -0.3 is 10.2 Å². The molecule has 0 saturated carbocycles. The van der Waals surface area contributed by atoms with Gasteiger partial charge in [0.2, 0.25) is 11.8 Å². The molecule has 1 aliphatic heterocycles. The maximum atomic E-state index is 12.6. The average Bonchev–Trinajstić information content (AvgIpc) is 2.81. The summed E-state index contributed by atoms with van der Waals surface area (Å²) in [6.07, 6.45) is 3.44. The molecule has 7 heteroatoms. The van der Waals surface area contributed by atoms with Crippen molar-refractivity contribution in [3.8, 4) is 0 Å². The Balaban J connectivity index is 2.63. The zero-order chi connectivity index (χ0) is 17.0. The van der Waals surface area contributed by atoms with Gasteiger partial charge >= 0.3 is 0 Å². The van der Waals surface area contributed by atoms with Crippen molar-refractivity contribution in [1.82, 2.24) is 10.2 Å². The predicted molar refractivity (Wildman–Crippen MR) is 86.1 cm³/mol. The van der Waals surface area contributed by atoms with Gasteiger partial charge in [-0.05, 0) is 26.7 Å². The normalized spacial score (nSPS) is 20.6. The van der Waals surface area contributed by atoms with Gasteiger partial charge in [-0.2, -0.15) is 0 Å². The third-order valence-corrected chi connectivity index (χ3v) is 6.00. The second-order valence-electron chi connectivity index (χ2n) is 6.56. The Bertz CT molecular complexity index is 514. The van der Waals surface area contributed by atoms with Gasteiger partial charge in [-0.3, -0.25) is 9.59 Å². The lowest BCUT2D eigenvalue weighted by Crippen LogP contribution is -2.51. The first-order chi connectivity index (χ1) is 10.1. The SMILES string of the molecule is CCCCCNC(=O)C(C)(C)C(=O)N(C)C1CCS(=O)(=O)C1. The van der Waals surface area contributed by atoms with Gasteiger partial charge in [0, 0.05) is 19.6 Å². The summed E-state index contributed by atoms with van der Waals surface area (Å²) in [7, 11) is -1.47. The van der Waals surface area contributed by atoms with Gasteiger partial charge in [-0.25, -0.2) is 8.42 Å².